The average Bonchev–Trinajstić information content (AvgIpc) is 3.26. The van der Waals surface area contributed by atoms with Crippen LogP contribution in [0, 0.1) is 23.2 Å². The zero-order valence-corrected chi connectivity index (χ0v) is 24.9. The van der Waals surface area contributed by atoms with Gasteiger partial charge in [0.1, 0.15) is 5.84 Å². The first-order valence-corrected chi connectivity index (χ1v) is 13.6. The molecule has 220 valence electrons. The summed E-state index contributed by atoms with van der Waals surface area (Å²) < 4.78 is 44.9. The van der Waals surface area contributed by atoms with Crippen molar-refractivity contribution in [3.8, 4) is 12.3 Å². The van der Waals surface area contributed by atoms with Gasteiger partial charge in [0.25, 0.3) is 0 Å². The molecular formula is C24H37ClN3O10P. The number of amides is 1. The lowest BCUT2D eigenvalue weighted by Gasteiger charge is -2.33. The van der Waals surface area contributed by atoms with E-state index in [9.17, 15) is 18.9 Å². The summed E-state index contributed by atoms with van der Waals surface area (Å²) in [6.07, 6.45) is 7.35. The summed E-state index contributed by atoms with van der Waals surface area (Å²) in [6.45, 7) is 8.00. The predicted molar refractivity (Wildman–Crippen MR) is 142 cm³/mol. The smallest absolute Gasteiger partial charge is 0.437 e. The van der Waals surface area contributed by atoms with E-state index in [1.54, 1.807) is 48.6 Å². The Hall–Kier alpha value is -2.46. The molecule has 1 saturated heterocycles. The summed E-state index contributed by atoms with van der Waals surface area (Å²) in [5.74, 6) is 1.12. The molecule has 2 unspecified atom stereocenters. The number of nitrogens with zero attached hydrogens (tertiary/aromatic N) is 2. The minimum Gasteiger partial charge on any atom is -0.437 e. The summed E-state index contributed by atoms with van der Waals surface area (Å²) in [5.41, 5.74) is 2.67. The number of rotatable bonds is 13. The van der Waals surface area contributed by atoms with Crippen LogP contribution in [0.5, 0.6) is 0 Å². The molecule has 0 radical (unpaired) electrons. The number of carbonyl (C=O) groups is 3. The Morgan fingerprint density at radius 3 is 2.10 bits per heavy atom. The monoisotopic (exact) mass is 593 g/mol. The van der Waals surface area contributed by atoms with Crippen LogP contribution < -0.4 is 5.73 Å². The fourth-order valence-corrected chi connectivity index (χ4v) is 3.93. The van der Waals surface area contributed by atoms with Crippen LogP contribution in [0.25, 0.3) is 0 Å². The van der Waals surface area contributed by atoms with Gasteiger partial charge in [0.15, 0.2) is 0 Å². The van der Waals surface area contributed by atoms with Crippen LogP contribution in [-0.4, -0.2) is 68.2 Å². The van der Waals surface area contributed by atoms with Crippen molar-refractivity contribution in [2.75, 3.05) is 27.2 Å². The Labute approximate surface area is 233 Å². The molecule has 13 nitrogen and oxygen atoms in total. The highest BCUT2D eigenvalue weighted by atomic mass is 35.5. The molecule has 0 aliphatic carbocycles. The van der Waals surface area contributed by atoms with E-state index in [2.05, 4.69) is 10.9 Å². The van der Waals surface area contributed by atoms with Crippen molar-refractivity contribution in [1.29, 1.82) is 0 Å². The van der Waals surface area contributed by atoms with E-state index in [0.717, 1.165) is 0 Å². The molecule has 0 spiro atoms. The Morgan fingerprint density at radius 1 is 1.15 bits per heavy atom. The normalized spacial score (nSPS) is 20.7. The maximum atomic E-state index is 13.2. The molecule has 1 heterocycles. The summed E-state index contributed by atoms with van der Waals surface area (Å²) in [6, 6.07) is 0. The molecule has 0 bridgehead atoms. The highest BCUT2D eigenvalue weighted by molar-refractivity contribution is 7.48. The number of hydrogen-bond acceptors (Lipinski definition) is 11. The van der Waals surface area contributed by atoms with Gasteiger partial charge < -0.3 is 24.8 Å². The number of ether oxygens (including phenoxy) is 3. The summed E-state index contributed by atoms with van der Waals surface area (Å²) in [7, 11) is -2.82. The van der Waals surface area contributed by atoms with Crippen LogP contribution in [0.3, 0.4) is 0 Å². The van der Waals surface area contributed by atoms with Crippen LogP contribution in [0.4, 0.5) is 0 Å². The molecule has 0 aromatic rings. The van der Waals surface area contributed by atoms with Gasteiger partial charge in [0.05, 0.1) is 28.6 Å². The summed E-state index contributed by atoms with van der Waals surface area (Å²) in [5, 5.41) is -0.0385. The third kappa shape index (κ3) is 10.9. The minimum absolute atomic E-state index is 0.0385. The molecule has 0 saturated carbocycles. The molecule has 1 rings (SSSR count). The topological polar surface area (TPSA) is 165 Å². The number of phosphoric acid groups is 1. The van der Waals surface area contributed by atoms with Gasteiger partial charge in [0, 0.05) is 19.7 Å². The van der Waals surface area contributed by atoms with Crippen LogP contribution in [0.2, 0.25) is 0 Å². The second kappa shape index (κ2) is 14.3. The Bertz CT molecular complexity index is 1010. The van der Waals surface area contributed by atoms with Gasteiger partial charge >= 0.3 is 19.8 Å². The van der Waals surface area contributed by atoms with Crippen molar-refractivity contribution >= 4 is 43.6 Å². The first-order valence-electron chi connectivity index (χ1n) is 11.8. The van der Waals surface area contributed by atoms with Gasteiger partial charge in [0.2, 0.25) is 25.7 Å². The Kier molecular flexibility index (Phi) is 12.6. The number of aliphatic imine (C=N–C) groups is 1. The second-order valence-corrected chi connectivity index (χ2v) is 12.6. The third-order valence-corrected chi connectivity index (χ3v) is 6.75. The number of amidine groups is 1. The maximum Gasteiger partial charge on any atom is 0.480 e. The van der Waals surface area contributed by atoms with E-state index in [1.807, 2.05) is 0 Å². The van der Waals surface area contributed by atoms with Crippen molar-refractivity contribution in [2.24, 2.45) is 21.6 Å². The third-order valence-electron chi connectivity index (χ3n) is 5.15. The van der Waals surface area contributed by atoms with Crippen molar-refractivity contribution in [2.45, 2.75) is 66.2 Å². The quantitative estimate of drug-likeness (QED) is 0.0631. The molecule has 39 heavy (non-hydrogen) atoms. The fraction of sp³-hybridized carbons (Fsp3) is 0.667. The number of hydrogen-bond donors (Lipinski definition) is 1. The van der Waals surface area contributed by atoms with Crippen LogP contribution in [0.1, 0.15) is 54.4 Å². The lowest BCUT2D eigenvalue weighted by molar-refractivity contribution is -0.164. The number of halogens is 1. The molecule has 0 aromatic carbocycles. The molecule has 2 N–H and O–H groups in total. The largest absolute Gasteiger partial charge is 0.480 e. The first-order chi connectivity index (χ1) is 17.9. The van der Waals surface area contributed by atoms with E-state index in [4.69, 9.17) is 51.5 Å². The van der Waals surface area contributed by atoms with Gasteiger partial charge in [-0.25, -0.2) is 13.6 Å². The summed E-state index contributed by atoms with van der Waals surface area (Å²) in [4.78, 5) is 39.4. The molecule has 2 atom stereocenters. The van der Waals surface area contributed by atoms with Gasteiger partial charge in [-0.3, -0.25) is 18.9 Å². The van der Waals surface area contributed by atoms with Gasteiger partial charge in [-0.05, 0) is 53.9 Å². The molecule has 1 aliphatic heterocycles. The van der Waals surface area contributed by atoms with E-state index in [-0.39, 0.29) is 23.9 Å². The van der Waals surface area contributed by atoms with Crippen molar-refractivity contribution in [1.82, 2.24) is 4.90 Å². The van der Waals surface area contributed by atoms with Crippen molar-refractivity contribution in [3.63, 3.8) is 0 Å². The van der Waals surface area contributed by atoms with Crippen LogP contribution in [0.15, 0.2) is 16.2 Å². The molecule has 1 aliphatic rings. The average molecular weight is 594 g/mol. The molecule has 0 aromatic heterocycles. The number of esters is 2. The lowest BCUT2D eigenvalue weighted by Crippen LogP contribution is -2.43. The second-order valence-electron chi connectivity index (χ2n) is 10.5. The Morgan fingerprint density at radius 2 is 1.67 bits per heavy atom. The highest BCUT2D eigenvalue weighted by Crippen LogP contribution is 2.50. The molecular weight excluding hydrogens is 557 g/mol. The lowest BCUT2D eigenvalue weighted by atomic mass is 9.98. The van der Waals surface area contributed by atoms with E-state index >= 15 is 0 Å². The number of nitrogens with two attached hydrogens (primary N) is 1. The Balaban J connectivity index is 2.91. The SMILES string of the molecule is C#CC1(N(C)/C=C(/Cl)C(N)=NC=O)CCC(COP(=O)(OCOC(=O)C(C)(C)C)OCOC(=O)C(C)(C)C)O1. The van der Waals surface area contributed by atoms with Gasteiger partial charge in [-0.15, -0.1) is 6.42 Å². The molecule has 15 heteroatoms. The van der Waals surface area contributed by atoms with Crippen molar-refractivity contribution in [3.05, 3.63) is 11.2 Å². The van der Waals surface area contributed by atoms with Crippen molar-refractivity contribution < 1.29 is 46.7 Å². The zero-order valence-electron chi connectivity index (χ0n) is 23.2. The van der Waals surface area contributed by atoms with Crippen LogP contribution >= 0.6 is 19.4 Å². The van der Waals surface area contributed by atoms with E-state index < -0.39 is 56.0 Å². The number of terminal acetylenes is 1. The van der Waals surface area contributed by atoms with E-state index in [1.165, 1.54) is 11.1 Å². The highest BCUT2D eigenvalue weighted by Gasteiger charge is 2.43. The zero-order chi connectivity index (χ0) is 30.1. The van der Waals surface area contributed by atoms with Crippen LogP contribution in [-0.2, 0) is 46.7 Å². The number of phosphoric ester groups is 1. The molecule has 1 fully saturated rings. The number of carbonyl (C=O) groups excluding carboxylic acids is 3. The minimum atomic E-state index is -4.40. The van der Waals surface area contributed by atoms with E-state index in [0.29, 0.717) is 12.8 Å². The summed E-state index contributed by atoms with van der Waals surface area (Å²) >= 11 is 6.07. The first kappa shape index (κ1) is 34.6. The standard InChI is InChI=1S/C24H37ClN3O10P/c1-9-24(28(8)12-18(25)19(26)27-14-29)11-10-17(38-24)13-35-39(32,36-15-33-20(30)22(2,3)4)37-16-34-21(31)23(5,6)7/h1,12,14,17H,10-11,13,15-16H2,2-8H3,(H2,26,27,29)/b18-12+. The maximum absolute atomic E-state index is 13.2. The van der Waals surface area contributed by atoms with Gasteiger partial charge in [-0.1, -0.05) is 11.6 Å². The fourth-order valence-electron chi connectivity index (χ4n) is 2.80. The molecule has 1 amide bonds. The van der Waals surface area contributed by atoms with Gasteiger partial charge in [-0.2, -0.15) is 4.99 Å². The predicted octanol–water partition coefficient (Wildman–Crippen LogP) is 3.27.